The quantitative estimate of drug-likeness (QED) is 0.552. The van der Waals surface area contributed by atoms with E-state index in [1.165, 1.54) is 5.56 Å². The van der Waals surface area contributed by atoms with Crippen LogP contribution < -0.4 is 0 Å². The van der Waals surface area contributed by atoms with Gasteiger partial charge in [-0.05, 0) is 43.5 Å². The zero-order chi connectivity index (χ0) is 15.1. The number of hydrogen-bond acceptors (Lipinski definition) is 2. The highest BCUT2D eigenvalue weighted by atomic mass is 35.5. The molecule has 0 bridgehead atoms. The van der Waals surface area contributed by atoms with E-state index in [1.54, 1.807) is 0 Å². The zero-order valence-corrected chi connectivity index (χ0v) is 13.5. The highest BCUT2D eigenvalue weighted by molar-refractivity contribution is 6.38. The lowest BCUT2D eigenvalue weighted by Crippen LogP contribution is -1.96. The van der Waals surface area contributed by atoms with E-state index in [0.717, 1.165) is 22.1 Å². The maximum atomic E-state index is 6.37. The van der Waals surface area contributed by atoms with Crippen LogP contribution in [0.4, 0.5) is 0 Å². The number of halogens is 2. The van der Waals surface area contributed by atoms with Gasteiger partial charge in [0.15, 0.2) is 5.82 Å². The molecule has 1 aromatic heterocycles. The van der Waals surface area contributed by atoms with Gasteiger partial charge < -0.3 is 0 Å². The van der Waals surface area contributed by atoms with Crippen molar-refractivity contribution in [3.8, 4) is 11.4 Å². The predicted molar refractivity (Wildman–Crippen MR) is 89.2 cm³/mol. The van der Waals surface area contributed by atoms with E-state index in [2.05, 4.69) is 29.9 Å². The van der Waals surface area contributed by atoms with Gasteiger partial charge in [-0.1, -0.05) is 47.5 Å². The Morgan fingerprint density at radius 1 is 0.857 bits per heavy atom. The summed E-state index contributed by atoms with van der Waals surface area (Å²) in [5, 5.41) is 1.85. The summed E-state index contributed by atoms with van der Waals surface area (Å²) in [6.07, 6.45) is 0. The summed E-state index contributed by atoms with van der Waals surface area (Å²) in [4.78, 5) is 9.11. The van der Waals surface area contributed by atoms with Gasteiger partial charge in [0, 0.05) is 10.9 Å². The fourth-order valence-corrected chi connectivity index (χ4v) is 2.95. The Hall–Kier alpha value is -1.64. The molecule has 3 rings (SSSR count). The summed E-state index contributed by atoms with van der Waals surface area (Å²) >= 11 is 12.7. The van der Waals surface area contributed by atoms with Crippen molar-refractivity contribution in [2.45, 2.75) is 20.8 Å². The normalized spacial score (nSPS) is 11.1. The monoisotopic (exact) mass is 316 g/mol. The molecule has 1 heterocycles. The summed E-state index contributed by atoms with van der Waals surface area (Å²) in [5.41, 5.74) is 5.05. The van der Waals surface area contributed by atoms with Gasteiger partial charge >= 0.3 is 0 Å². The topological polar surface area (TPSA) is 25.8 Å². The van der Waals surface area contributed by atoms with Crippen molar-refractivity contribution < 1.29 is 0 Å². The average Bonchev–Trinajstić information content (AvgIpc) is 2.45. The summed E-state index contributed by atoms with van der Waals surface area (Å²) in [7, 11) is 0. The summed E-state index contributed by atoms with van der Waals surface area (Å²) in [5.74, 6) is 0.612. The standard InChI is InChI=1S/C17H14Cl2N2/c1-9-5-4-6-12(11(9)3)17-20-15-13(18)8-7-10(2)14(15)16(19)21-17/h4-8H,1-3H3. The van der Waals surface area contributed by atoms with Crippen LogP contribution in [0.3, 0.4) is 0 Å². The van der Waals surface area contributed by atoms with E-state index in [-0.39, 0.29) is 0 Å². The van der Waals surface area contributed by atoms with Crippen LogP contribution in [-0.2, 0) is 0 Å². The minimum atomic E-state index is 0.441. The van der Waals surface area contributed by atoms with Crippen molar-refractivity contribution in [1.29, 1.82) is 0 Å². The van der Waals surface area contributed by atoms with Crippen molar-refractivity contribution in [3.63, 3.8) is 0 Å². The van der Waals surface area contributed by atoms with Crippen LogP contribution in [0.2, 0.25) is 10.2 Å². The van der Waals surface area contributed by atoms with Crippen LogP contribution in [0.1, 0.15) is 16.7 Å². The molecule has 21 heavy (non-hydrogen) atoms. The molecule has 4 heteroatoms. The van der Waals surface area contributed by atoms with Crippen LogP contribution in [0.15, 0.2) is 30.3 Å². The van der Waals surface area contributed by atoms with Crippen molar-refractivity contribution in [3.05, 3.63) is 57.2 Å². The molecule has 0 saturated carbocycles. The summed E-state index contributed by atoms with van der Waals surface area (Å²) < 4.78 is 0. The third-order valence-corrected chi connectivity index (χ3v) is 4.39. The molecule has 2 aromatic carbocycles. The minimum Gasteiger partial charge on any atom is -0.226 e. The molecule has 0 saturated heterocycles. The Morgan fingerprint density at radius 3 is 2.38 bits per heavy atom. The molecule has 0 N–H and O–H groups in total. The lowest BCUT2D eigenvalue weighted by atomic mass is 10.0. The fourth-order valence-electron chi connectivity index (χ4n) is 2.43. The third kappa shape index (κ3) is 2.39. The maximum Gasteiger partial charge on any atom is 0.161 e. The largest absolute Gasteiger partial charge is 0.226 e. The number of nitrogens with zero attached hydrogens (tertiary/aromatic N) is 2. The first-order chi connectivity index (χ1) is 9.99. The van der Waals surface area contributed by atoms with Gasteiger partial charge in [-0.25, -0.2) is 9.97 Å². The first kappa shape index (κ1) is 14.3. The molecule has 0 unspecified atom stereocenters. The van der Waals surface area contributed by atoms with Gasteiger partial charge in [0.05, 0.1) is 10.5 Å². The Balaban J connectivity index is 2.36. The van der Waals surface area contributed by atoms with Crippen LogP contribution >= 0.6 is 23.2 Å². The van der Waals surface area contributed by atoms with Crippen molar-refractivity contribution >= 4 is 34.1 Å². The molecule has 2 nitrogen and oxygen atoms in total. The van der Waals surface area contributed by atoms with E-state index >= 15 is 0 Å². The molecule has 0 radical (unpaired) electrons. The van der Waals surface area contributed by atoms with E-state index in [1.807, 2.05) is 31.2 Å². The molecule has 0 fully saturated rings. The van der Waals surface area contributed by atoms with Crippen molar-refractivity contribution in [1.82, 2.24) is 9.97 Å². The Labute approximate surface area is 133 Å². The zero-order valence-electron chi connectivity index (χ0n) is 12.0. The van der Waals surface area contributed by atoms with E-state index in [9.17, 15) is 0 Å². The van der Waals surface area contributed by atoms with E-state index in [0.29, 0.717) is 21.5 Å². The Bertz CT molecular complexity index is 857. The third-order valence-electron chi connectivity index (χ3n) is 3.81. The molecule has 3 aromatic rings. The molecule has 0 amide bonds. The van der Waals surface area contributed by atoms with Gasteiger partial charge in [-0.2, -0.15) is 0 Å². The smallest absolute Gasteiger partial charge is 0.161 e. The molecule has 0 aliphatic rings. The molecular weight excluding hydrogens is 303 g/mol. The lowest BCUT2D eigenvalue weighted by molar-refractivity contribution is 1.20. The predicted octanol–water partition coefficient (Wildman–Crippen LogP) is 5.53. The van der Waals surface area contributed by atoms with E-state index in [4.69, 9.17) is 23.2 Å². The number of aromatic nitrogens is 2. The van der Waals surface area contributed by atoms with Crippen LogP contribution in [0, 0.1) is 20.8 Å². The maximum absolute atomic E-state index is 6.37. The number of hydrogen-bond donors (Lipinski definition) is 0. The van der Waals surface area contributed by atoms with Gasteiger partial charge in [0.25, 0.3) is 0 Å². The van der Waals surface area contributed by atoms with Gasteiger partial charge in [0.2, 0.25) is 0 Å². The molecular formula is C17H14Cl2N2. The van der Waals surface area contributed by atoms with Gasteiger partial charge in [0.1, 0.15) is 5.15 Å². The molecule has 0 aliphatic heterocycles. The number of fused-ring (bicyclic) bond motifs is 1. The molecule has 0 atom stereocenters. The molecule has 106 valence electrons. The number of rotatable bonds is 1. The summed E-state index contributed by atoms with van der Waals surface area (Å²) in [6.45, 7) is 6.11. The second-order valence-corrected chi connectivity index (χ2v) is 5.94. The number of benzene rings is 2. The van der Waals surface area contributed by atoms with Crippen LogP contribution in [0.5, 0.6) is 0 Å². The number of aryl methyl sites for hydroxylation is 2. The van der Waals surface area contributed by atoms with Gasteiger partial charge in [-0.3, -0.25) is 0 Å². The van der Waals surface area contributed by atoms with Crippen molar-refractivity contribution in [2.24, 2.45) is 0 Å². The van der Waals surface area contributed by atoms with Crippen LogP contribution in [-0.4, -0.2) is 9.97 Å². The van der Waals surface area contributed by atoms with Crippen molar-refractivity contribution in [2.75, 3.05) is 0 Å². The lowest BCUT2D eigenvalue weighted by Gasteiger charge is -2.11. The fraction of sp³-hybridized carbons (Fsp3) is 0.176. The first-order valence-electron chi connectivity index (χ1n) is 6.68. The summed E-state index contributed by atoms with van der Waals surface area (Å²) in [6, 6.07) is 9.84. The first-order valence-corrected chi connectivity index (χ1v) is 7.43. The second-order valence-electron chi connectivity index (χ2n) is 5.17. The highest BCUT2D eigenvalue weighted by Crippen LogP contribution is 2.32. The minimum absolute atomic E-state index is 0.441. The molecule has 0 spiro atoms. The van der Waals surface area contributed by atoms with Crippen LogP contribution in [0.25, 0.3) is 22.3 Å². The second kappa shape index (κ2) is 5.28. The SMILES string of the molecule is Cc1cccc(-c2nc(Cl)c3c(C)ccc(Cl)c3n2)c1C. The average molecular weight is 317 g/mol. The Kier molecular flexibility index (Phi) is 3.60. The van der Waals surface area contributed by atoms with Gasteiger partial charge in [-0.15, -0.1) is 0 Å². The van der Waals surface area contributed by atoms with E-state index < -0.39 is 0 Å². The Morgan fingerprint density at radius 2 is 1.62 bits per heavy atom. The highest BCUT2D eigenvalue weighted by Gasteiger charge is 2.14. The molecule has 0 aliphatic carbocycles.